The van der Waals surface area contributed by atoms with E-state index in [1.807, 2.05) is 19.1 Å². The Hall–Kier alpha value is -3.43. The highest BCUT2D eigenvalue weighted by Crippen LogP contribution is 2.43. The van der Waals surface area contributed by atoms with Crippen molar-refractivity contribution in [3.8, 4) is 22.9 Å². The van der Waals surface area contributed by atoms with E-state index in [-0.39, 0.29) is 30.2 Å². The van der Waals surface area contributed by atoms with Crippen LogP contribution in [0.2, 0.25) is 0 Å². The maximum absolute atomic E-state index is 13.4. The number of hydrogen-bond acceptors (Lipinski definition) is 8. The molecule has 0 saturated carbocycles. The number of ether oxygens (including phenoxy) is 3. The summed E-state index contributed by atoms with van der Waals surface area (Å²) < 4.78 is 18.2. The first-order valence-corrected chi connectivity index (χ1v) is 11.0. The van der Waals surface area contributed by atoms with Crippen molar-refractivity contribution in [3.63, 3.8) is 0 Å². The fourth-order valence-electron chi connectivity index (χ4n) is 5.17. The van der Waals surface area contributed by atoms with E-state index in [2.05, 4.69) is 0 Å². The Kier molecular flexibility index (Phi) is 4.15. The lowest BCUT2D eigenvalue weighted by Crippen LogP contribution is -2.44. The number of rotatable bonds is 2. The molecule has 9 nitrogen and oxygen atoms in total. The smallest absolute Gasteiger partial charge is 0.343 e. The van der Waals surface area contributed by atoms with E-state index >= 15 is 0 Å². The predicted octanol–water partition coefficient (Wildman–Crippen LogP) is 1.87. The van der Waals surface area contributed by atoms with Crippen LogP contribution in [0.3, 0.4) is 0 Å². The second-order valence-electron chi connectivity index (χ2n) is 8.76. The Labute approximate surface area is 188 Å². The van der Waals surface area contributed by atoms with Gasteiger partial charge in [-0.05, 0) is 31.0 Å². The summed E-state index contributed by atoms with van der Waals surface area (Å²) in [5, 5.41) is 11.9. The Balaban J connectivity index is 1.65. The molecule has 9 heteroatoms. The van der Waals surface area contributed by atoms with Crippen LogP contribution in [0.15, 0.2) is 23.0 Å². The molecule has 33 heavy (non-hydrogen) atoms. The molecule has 0 fully saturated rings. The number of cyclic esters (lactones) is 1. The molecule has 0 radical (unpaired) electrons. The fourth-order valence-corrected chi connectivity index (χ4v) is 5.17. The van der Waals surface area contributed by atoms with E-state index < -0.39 is 11.6 Å². The molecule has 1 aromatic carbocycles. The van der Waals surface area contributed by atoms with Gasteiger partial charge in [-0.1, -0.05) is 6.92 Å². The normalized spacial score (nSPS) is 21.3. The number of fused-ring (bicyclic) bond motifs is 6. The third kappa shape index (κ3) is 2.63. The molecule has 0 aliphatic carbocycles. The molecule has 170 valence electrons. The number of carbonyl (C=O) groups is 1. The second-order valence-corrected chi connectivity index (χ2v) is 8.76. The van der Waals surface area contributed by atoms with E-state index in [0.29, 0.717) is 53.7 Å². The monoisotopic (exact) mass is 449 g/mol. The van der Waals surface area contributed by atoms with Crippen LogP contribution in [-0.4, -0.2) is 33.8 Å². The van der Waals surface area contributed by atoms with Gasteiger partial charge in [0, 0.05) is 28.6 Å². The minimum Gasteiger partial charge on any atom is -0.486 e. The summed E-state index contributed by atoms with van der Waals surface area (Å²) in [6, 6.07) is 5.10. The SMILES string of the molecule is CC[C@@]1(O)C(=O)OCc2c1cc1n(c2=O)Cc2c-1nc1cc3c(cc1c2[C@H](C)N)OCCO3. The van der Waals surface area contributed by atoms with Crippen LogP contribution in [0, 0.1) is 0 Å². The summed E-state index contributed by atoms with van der Waals surface area (Å²) in [5.74, 6) is 0.511. The summed E-state index contributed by atoms with van der Waals surface area (Å²) in [7, 11) is 0. The van der Waals surface area contributed by atoms with Crippen molar-refractivity contribution in [1.82, 2.24) is 9.55 Å². The Morgan fingerprint density at radius 2 is 1.88 bits per heavy atom. The van der Waals surface area contributed by atoms with Gasteiger partial charge in [0.05, 0.1) is 29.0 Å². The van der Waals surface area contributed by atoms with Crippen molar-refractivity contribution >= 4 is 16.9 Å². The molecule has 0 saturated heterocycles. The van der Waals surface area contributed by atoms with Gasteiger partial charge in [-0.3, -0.25) is 4.79 Å². The van der Waals surface area contributed by atoms with E-state index in [4.69, 9.17) is 24.9 Å². The molecular formula is C24H23N3O6. The Bertz CT molecular complexity index is 1430. The van der Waals surface area contributed by atoms with E-state index in [1.165, 1.54) is 0 Å². The summed E-state index contributed by atoms with van der Waals surface area (Å²) in [5.41, 5.74) is 8.40. The molecular weight excluding hydrogens is 426 g/mol. The first kappa shape index (κ1) is 20.2. The van der Waals surface area contributed by atoms with Gasteiger partial charge in [-0.2, -0.15) is 0 Å². The van der Waals surface area contributed by atoms with Crippen LogP contribution in [0.25, 0.3) is 22.3 Å². The van der Waals surface area contributed by atoms with Crippen molar-refractivity contribution in [2.75, 3.05) is 13.2 Å². The van der Waals surface area contributed by atoms with Crippen molar-refractivity contribution < 1.29 is 24.1 Å². The average Bonchev–Trinajstić information content (AvgIpc) is 3.17. The highest BCUT2D eigenvalue weighted by atomic mass is 16.6. The lowest BCUT2D eigenvalue weighted by atomic mass is 9.86. The summed E-state index contributed by atoms with van der Waals surface area (Å²) in [6.45, 7) is 4.63. The standard InChI is InChI=1S/C24H23N3O6/c1-3-24(30)15-7-17-21-13(9-27(17)22(28)14(15)10-33-23(24)29)20(11(2)25)12-6-18-19(8-16(12)26-21)32-5-4-31-18/h6-8,11,30H,3-5,9-10,25H2,1-2H3/t11-,24-/m0/s1. The zero-order chi connectivity index (χ0) is 23.1. The molecule has 0 amide bonds. The molecule has 0 bridgehead atoms. The Morgan fingerprint density at radius 1 is 1.15 bits per heavy atom. The predicted molar refractivity (Wildman–Crippen MR) is 118 cm³/mol. The van der Waals surface area contributed by atoms with Gasteiger partial charge in [0.15, 0.2) is 17.1 Å². The third-order valence-electron chi connectivity index (χ3n) is 6.85. The lowest BCUT2D eigenvalue weighted by Gasteiger charge is -2.31. The zero-order valence-corrected chi connectivity index (χ0v) is 18.3. The zero-order valence-electron chi connectivity index (χ0n) is 18.3. The quantitative estimate of drug-likeness (QED) is 0.444. The third-order valence-corrected chi connectivity index (χ3v) is 6.85. The first-order chi connectivity index (χ1) is 15.8. The number of nitrogens with zero attached hydrogens (tertiary/aromatic N) is 2. The van der Waals surface area contributed by atoms with Gasteiger partial charge < -0.3 is 29.6 Å². The number of nitrogens with two attached hydrogens (primary N) is 1. The molecule has 5 heterocycles. The molecule has 2 atom stereocenters. The van der Waals surface area contributed by atoms with Gasteiger partial charge in [0.25, 0.3) is 5.56 Å². The van der Waals surface area contributed by atoms with Gasteiger partial charge in [0.2, 0.25) is 0 Å². The van der Waals surface area contributed by atoms with Gasteiger partial charge in [0.1, 0.15) is 19.8 Å². The second kappa shape index (κ2) is 6.79. The number of aromatic nitrogens is 2. The number of esters is 1. The van der Waals surface area contributed by atoms with Crippen LogP contribution >= 0.6 is 0 Å². The van der Waals surface area contributed by atoms with Crippen molar-refractivity contribution in [3.05, 3.63) is 50.8 Å². The van der Waals surface area contributed by atoms with Crippen LogP contribution in [-0.2, 0) is 28.3 Å². The molecule has 6 rings (SSSR count). The molecule has 0 spiro atoms. The molecule has 3 aromatic rings. The molecule has 3 aliphatic heterocycles. The van der Waals surface area contributed by atoms with Crippen molar-refractivity contribution in [1.29, 1.82) is 0 Å². The first-order valence-electron chi connectivity index (χ1n) is 11.0. The highest BCUT2D eigenvalue weighted by Gasteiger charge is 2.45. The van der Waals surface area contributed by atoms with Gasteiger partial charge >= 0.3 is 5.97 Å². The molecule has 0 unspecified atom stereocenters. The van der Waals surface area contributed by atoms with Gasteiger partial charge in [-0.15, -0.1) is 0 Å². The highest BCUT2D eigenvalue weighted by molar-refractivity contribution is 5.91. The minimum absolute atomic E-state index is 0.0916. The Morgan fingerprint density at radius 3 is 2.58 bits per heavy atom. The van der Waals surface area contributed by atoms with Gasteiger partial charge in [-0.25, -0.2) is 9.78 Å². The number of pyridine rings is 2. The largest absolute Gasteiger partial charge is 0.486 e. The lowest BCUT2D eigenvalue weighted by molar-refractivity contribution is -0.172. The maximum atomic E-state index is 13.4. The molecule has 2 aromatic heterocycles. The summed E-state index contributed by atoms with van der Waals surface area (Å²) in [6.07, 6.45) is 0.0916. The molecule has 3 aliphatic rings. The topological polar surface area (TPSA) is 126 Å². The number of carbonyl (C=O) groups excluding carboxylic acids is 1. The van der Waals surface area contributed by atoms with E-state index in [9.17, 15) is 14.7 Å². The van der Waals surface area contributed by atoms with E-state index in [1.54, 1.807) is 17.6 Å². The van der Waals surface area contributed by atoms with Crippen LogP contribution in [0.5, 0.6) is 11.5 Å². The summed E-state index contributed by atoms with van der Waals surface area (Å²) >= 11 is 0. The van der Waals surface area contributed by atoms with Crippen molar-refractivity contribution in [2.24, 2.45) is 5.73 Å². The number of aliphatic hydroxyl groups is 1. The van der Waals surface area contributed by atoms with E-state index in [0.717, 1.165) is 16.5 Å². The van der Waals surface area contributed by atoms with Crippen molar-refractivity contribution in [2.45, 2.75) is 45.1 Å². The van der Waals surface area contributed by atoms with Crippen LogP contribution in [0.1, 0.15) is 48.6 Å². The number of benzene rings is 1. The van der Waals surface area contributed by atoms with Crippen LogP contribution in [0.4, 0.5) is 0 Å². The average molecular weight is 449 g/mol. The maximum Gasteiger partial charge on any atom is 0.343 e. The minimum atomic E-state index is -1.86. The fraction of sp³-hybridized carbons (Fsp3) is 0.375. The summed E-state index contributed by atoms with van der Waals surface area (Å²) in [4.78, 5) is 30.7. The number of hydrogen-bond donors (Lipinski definition) is 2. The molecule has 3 N–H and O–H groups in total. The van der Waals surface area contributed by atoms with Crippen LogP contribution < -0.4 is 20.8 Å².